The number of hydrogen-bond acceptors (Lipinski definition) is 7. The number of ether oxygens (including phenoxy) is 3. The number of hydrazone groups is 1. The third-order valence-corrected chi connectivity index (χ3v) is 5.17. The molecule has 2 rings (SSSR count). The smallest absolute Gasteiger partial charge is 0.271 e. The minimum absolute atomic E-state index is 0.324. The van der Waals surface area contributed by atoms with Crippen LogP contribution in [0, 0.1) is 0 Å². The normalized spacial score (nSPS) is 13.8. The van der Waals surface area contributed by atoms with E-state index in [4.69, 9.17) is 14.2 Å². The second-order valence-corrected chi connectivity index (χ2v) is 6.36. The van der Waals surface area contributed by atoms with E-state index in [1.54, 1.807) is 35.7 Å². The summed E-state index contributed by atoms with van der Waals surface area (Å²) in [6, 6.07) is 3.18. The average Bonchev–Trinajstić information content (AvgIpc) is 3.04. The molecule has 1 amide bonds. The predicted molar refractivity (Wildman–Crippen MR) is 85.9 cm³/mol. The largest absolute Gasteiger partial charge is 0.493 e. The van der Waals surface area contributed by atoms with Gasteiger partial charge in [0.1, 0.15) is 4.38 Å². The second kappa shape index (κ2) is 7.46. The second-order valence-electron chi connectivity index (χ2n) is 3.93. The van der Waals surface area contributed by atoms with Crippen molar-refractivity contribution in [2.45, 2.75) is 0 Å². The molecule has 1 fully saturated rings. The lowest BCUT2D eigenvalue weighted by molar-refractivity contribution is 0.0954. The Morgan fingerprint density at radius 3 is 2.14 bits per heavy atom. The van der Waals surface area contributed by atoms with E-state index in [9.17, 15) is 4.79 Å². The van der Waals surface area contributed by atoms with Crippen LogP contribution in [0.3, 0.4) is 0 Å². The zero-order valence-corrected chi connectivity index (χ0v) is 13.6. The molecule has 1 aliphatic heterocycles. The van der Waals surface area contributed by atoms with E-state index in [1.807, 2.05) is 0 Å². The topological polar surface area (TPSA) is 69.2 Å². The fraction of sp³-hybridized carbons (Fsp3) is 0.385. The number of nitrogens with one attached hydrogen (secondary N) is 1. The van der Waals surface area contributed by atoms with E-state index in [0.717, 1.165) is 15.9 Å². The molecule has 1 aromatic rings. The van der Waals surface area contributed by atoms with Gasteiger partial charge in [0.2, 0.25) is 5.75 Å². The number of thioether (sulfide) groups is 2. The predicted octanol–water partition coefficient (Wildman–Crippen LogP) is 2.19. The Morgan fingerprint density at radius 1 is 1.10 bits per heavy atom. The fourth-order valence-corrected chi connectivity index (χ4v) is 3.81. The molecule has 0 saturated carbocycles. The first-order chi connectivity index (χ1) is 10.2. The molecule has 114 valence electrons. The van der Waals surface area contributed by atoms with Crippen LogP contribution in [0.2, 0.25) is 0 Å². The Kier molecular flexibility index (Phi) is 5.63. The summed E-state index contributed by atoms with van der Waals surface area (Å²) in [6.07, 6.45) is 0. The van der Waals surface area contributed by atoms with Gasteiger partial charge in [0.25, 0.3) is 5.91 Å². The molecule has 0 spiro atoms. The van der Waals surface area contributed by atoms with Crippen molar-refractivity contribution in [3.05, 3.63) is 17.7 Å². The van der Waals surface area contributed by atoms with Crippen molar-refractivity contribution in [1.82, 2.24) is 5.43 Å². The average molecular weight is 328 g/mol. The van der Waals surface area contributed by atoms with Crippen molar-refractivity contribution in [2.75, 3.05) is 32.8 Å². The third kappa shape index (κ3) is 3.76. The summed E-state index contributed by atoms with van der Waals surface area (Å²) in [5.74, 6) is 3.02. The van der Waals surface area contributed by atoms with Gasteiger partial charge in [-0.15, -0.1) is 0 Å². The molecule has 0 aliphatic carbocycles. The maximum Gasteiger partial charge on any atom is 0.271 e. The van der Waals surface area contributed by atoms with Crippen molar-refractivity contribution in [2.24, 2.45) is 5.10 Å². The Morgan fingerprint density at radius 2 is 1.67 bits per heavy atom. The van der Waals surface area contributed by atoms with Gasteiger partial charge in [-0.2, -0.15) is 5.10 Å². The van der Waals surface area contributed by atoms with E-state index < -0.39 is 0 Å². The summed E-state index contributed by atoms with van der Waals surface area (Å²) in [4.78, 5) is 12.1. The number of nitrogens with zero attached hydrogens (tertiary/aromatic N) is 1. The number of carbonyl (C=O) groups is 1. The van der Waals surface area contributed by atoms with Crippen LogP contribution in [0.5, 0.6) is 17.2 Å². The van der Waals surface area contributed by atoms with Gasteiger partial charge in [-0.25, -0.2) is 5.43 Å². The molecule has 1 aliphatic rings. The van der Waals surface area contributed by atoms with Gasteiger partial charge in [0, 0.05) is 17.1 Å². The fourth-order valence-electron chi connectivity index (χ4n) is 1.74. The molecular weight excluding hydrogens is 312 g/mol. The highest BCUT2D eigenvalue weighted by molar-refractivity contribution is 8.41. The molecule has 0 bridgehead atoms. The van der Waals surface area contributed by atoms with Crippen molar-refractivity contribution < 1.29 is 19.0 Å². The number of benzene rings is 1. The van der Waals surface area contributed by atoms with Gasteiger partial charge >= 0.3 is 0 Å². The summed E-state index contributed by atoms with van der Waals surface area (Å²) in [5, 5.41) is 4.08. The number of rotatable bonds is 5. The molecule has 0 unspecified atom stereocenters. The van der Waals surface area contributed by atoms with Crippen molar-refractivity contribution in [1.29, 1.82) is 0 Å². The minimum atomic E-state index is -0.324. The molecule has 1 heterocycles. The number of methoxy groups -OCH3 is 3. The molecular formula is C13H16N2O4S2. The molecule has 21 heavy (non-hydrogen) atoms. The number of amides is 1. The monoisotopic (exact) mass is 328 g/mol. The minimum Gasteiger partial charge on any atom is -0.493 e. The first-order valence-electron chi connectivity index (χ1n) is 6.13. The maximum absolute atomic E-state index is 12.1. The SMILES string of the molecule is COc1cc(C(=O)NN=C2SCCS2)cc(OC)c1OC. The zero-order valence-electron chi connectivity index (χ0n) is 12.0. The molecule has 1 N–H and O–H groups in total. The Hall–Kier alpha value is -1.54. The molecule has 0 atom stereocenters. The van der Waals surface area contributed by atoms with E-state index in [2.05, 4.69) is 10.5 Å². The van der Waals surface area contributed by atoms with Crippen LogP contribution < -0.4 is 19.6 Å². The molecule has 8 heteroatoms. The molecule has 0 radical (unpaired) electrons. The Balaban J connectivity index is 2.22. The third-order valence-electron chi connectivity index (χ3n) is 2.71. The molecule has 6 nitrogen and oxygen atoms in total. The zero-order chi connectivity index (χ0) is 15.2. The molecule has 0 aromatic heterocycles. The highest BCUT2D eigenvalue weighted by Crippen LogP contribution is 2.38. The standard InChI is InChI=1S/C13H16N2O4S2/c1-17-9-6-8(7-10(18-2)11(9)19-3)12(16)14-15-13-20-4-5-21-13/h6-7H,4-5H2,1-3H3,(H,14,16). The summed E-state index contributed by atoms with van der Waals surface area (Å²) < 4.78 is 16.5. The first kappa shape index (κ1) is 15.8. The van der Waals surface area contributed by atoms with Crippen LogP contribution in [0.1, 0.15) is 10.4 Å². The number of hydrogen-bond donors (Lipinski definition) is 1. The Bertz CT molecular complexity index is 530. The summed E-state index contributed by atoms with van der Waals surface area (Å²) in [6.45, 7) is 0. The lowest BCUT2D eigenvalue weighted by Gasteiger charge is -2.13. The van der Waals surface area contributed by atoms with E-state index >= 15 is 0 Å². The highest BCUT2D eigenvalue weighted by atomic mass is 32.2. The van der Waals surface area contributed by atoms with Crippen LogP contribution >= 0.6 is 23.5 Å². The highest BCUT2D eigenvalue weighted by Gasteiger charge is 2.17. The van der Waals surface area contributed by atoms with Crippen LogP contribution in [-0.2, 0) is 0 Å². The van der Waals surface area contributed by atoms with Gasteiger partial charge in [0.15, 0.2) is 11.5 Å². The van der Waals surface area contributed by atoms with Crippen molar-refractivity contribution >= 4 is 33.8 Å². The van der Waals surface area contributed by atoms with Gasteiger partial charge in [-0.3, -0.25) is 4.79 Å². The quantitative estimate of drug-likeness (QED) is 0.836. The van der Waals surface area contributed by atoms with Crippen molar-refractivity contribution in [3.8, 4) is 17.2 Å². The van der Waals surface area contributed by atoms with E-state index in [0.29, 0.717) is 22.8 Å². The van der Waals surface area contributed by atoms with Gasteiger partial charge in [0.05, 0.1) is 21.3 Å². The van der Waals surface area contributed by atoms with E-state index in [1.165, 1.54) is 21.3 Å². The number of carbonyl (C=O) groups excluding carboxylic acids is 1. The summed E-state index contributed by atoms with van der Waals surface area (Å²) in [7, 11) is 4.52. The lowest BCUT2D eigenvalue weighted by atomic mass is 10.1. The van der Waals surface area contributed by atoms with Crippen LogP contribution in [0.15, 0.2) is 17.2 Å². The summed E-state index contributed by atoms with van der Waals surface area (Å²) in [5.41, 5.74) is 2.93. The summed E-state index contributed by atoms with van der Waals surface area (Å²) >= 11 is 3.26. The Labute approximate surface area is 131 Å². The molecule has 1 saturated heterocycles. The van der Waals surface area contributed by atoms with Crippen LogP contribution in [-0.4, -0.2) is 43.1 Å². The van der Waals surface area contributed by atoms with Gasteiger partial charge in [-0.05, 0) is 12.1 Å². The first-order valence-corrected chi connectivity index (χ1v) is 8.10. The lowest BCUT2D eigenvalue weighted by Crippen LogP contribution is -2.18. The van der Waals surface area contributed by atoms with Crippen molar-refractivity contribution in [3.63, 3.8) is 0 Å². The van der Waals surface area contributed by atoms with E-state index in [-0.39, 0.29) is 5.91 Å². The van der Waals surface area contributed by atoms with Crippen LogP contribution in [0.4, 0.5) is 0 Å². The van der Waals surface area contributed by atoms with Gasteiger partial charge < -0.3 is 14.2 Å². The molecule has 1 aromatic carbocycles. The van der Waals surface area contributed by atoms with Crippen LogP contribution in [0.25, 0.3) is 0 Å². The maximum atomic E-state index is 12.1. The van der Waals surface area contributed by atoms with Gasteiger partial charge in [-0.1, -0.05) is 23.5 Å².